The topological polar surface area (TPSA) is 73.6 Å². The molecule has 0 fully saturated rings. The normalized spacial score (nSPS) is 12.1. The van der Waals surface area contributed by atoms with Gasteiger partial charge in [0.05, 0.1) is 14.2 Å². The summed E-state index contributed by atoms with van der Waals surface area (Å²) >= 11 is 0. The zero-order valence-corrected chi connectivity index (χ0v) is 12.6. The Morgan fingerprint density at radius 1 is 1.25 bits per heavy atom. The van der Waals surface area contributed by atoms with E-state index in [9.17, 15) is 4.79 Å². The summed E-state index contributed by atoms with van der Waals surface area (Å²) in [4.78, 5) is 12.0. The molecule has 0 heterocycles. The van der Waals surface area contributed by atoms with Crippen LogP contribution < -0.4 is 20.5 Å². The molecule has 0 bridgehead atoms. The van der Waals surface area contributed by atoms with Crippen LogP contribution in [0.5, 0.6) is 11.5 Å². The van der Waals surface area contributed by atoms with E-state index in [1.165, 1.54) is 7.11 Å². The summed E-state index contributed by atoms with van der Waals surface area (Å²) in [6.07, 6.45) is 0.881. The van der Waals surface area contributed by atoms with Gasteiger partial charge in [0.25, 0.3) is 5.91 Å². The Kier molecular flexibility index (Phi) is 6.31. The molecule has 5 heteroatoms. The Hall–Kier alpha value is -1.75. The SMILES string of the molecule is COc1ccc(C(=O)NCC(N)CC(C)C)cc1OC. The van der Waals surface area contributed by atoms with E-state index in [-0.39, 0.29) is 11.9 Å². The standard InChI is InChI=1S/C15H24N2O3/c1-10(2)7-12(16)9-17-15(18)11-5-6-13(19-3)14(8-11)20-4/h5-6,8,10,12H,7,9,16H2,1-4H3,(H,17,18). The number of hydrogen-bond donors (Lipinski definition) is 2. The van der Waals surface area contributed by atoms with E-state index in [0.29, 0.717) is 29.5 Å². The van der Waals surface area contributed by atoms with Gasteiger partial charge in [0, 0.05) is 18.2 Å². The lowest BCUT2D eigenvalue weighted by Gasteiger charge is -2.15. The second-order valence-electron chi connectivity index (χ2n) is 5.17. The number of carbonyl (C=O) groups excluding carboxylic acids is 1. The fraction of sp³-hybridized carbons (Fsp3) is 0.533. The quantitative estimate of drug-likeness (QED) is 0.799. The van der Waals surface area contributed by atoms with Crippen molar-refractivity contribution in [2.45, 2.75) is 26.3 Å². The molecule has 112 valence electrons. The molecule has 3 N–H and O–H groups in total. The molecule has 1 unspecified atom stereocenters. The molecule has 0 radical (unpaired) electrons. The highest BCUT2D eigenvalue weighted by Gasteiger charge is 2.12. The van der Waals surface area contributed by atoms with Crippen molar-refractivity contribution in [2.75, 3.05) is 20.8 Å². The average Bonchev–Trinajstić information content (AvgIpc) is 2.43. The van der Waals surface area contributed by atoms with Crippen molar-refractivity contribution < 1.29 is 14.3 Å². The largest absolute Gasteiger partial charge is 0.493 e. The Morgan fingerprint density at radius 2 is 1.90 bits per heavy atom. The summed E-state index contributed by atoms with van der Waals surface area (Å²) in [5, 5.41) is 2.83. The first-order chi connectivity index (χ1) is 9.47. The fourth-order valence-corrected chi connectivity index (χ4v) is 1.99. The smallest absolute Gasteiger partial charge is 0.251 e. The van der Waals surface area contributed by atoms with Crippen LogP contribution in [0.2, 0.25) is 0 Å². The van der Waals surface area contributed by atoms with Crippen LogP contribution >= 0.6 is 0 Å². The molecular weight excluding hydrogens is 256 g/mol. The molecule has 0 saturated carbocycles. The van der Waals surface area contributed by atoms with Gasteiger partial charge in [0.1, 0.15) is 0 Å². The number of methoxy groups -OCH3 is 2. The molecular formula is C15H24N2O3. The van der Waals surface area contributed by atoms with Crippen molar-refractivity contribution in [1.29, 1.82) is 0 Å². The minimum absolute atomic E-state index is 0.0286. The Morgan fingerprint density at radius 3 is 2.45 bits per heavy atom. The second-order valence-corrected chi connectivity index (χ2v) is 5.17. The number of ether oxygens (including phenoxy) is 2. The van der Waals surface area contributed by atoms with E-state index in [4.69, 9.17) is 15.2 Å². The zero-order valence-electron chi connectivity index (χ0n) is 12.6. The first kappa shape index (κ1) is 16.3. The van der Waals surface area contributed by atoms with Crippen LogP contribution in [0.25, 0.3) is 0 Å². The number of hydrogen-bond acceptors (Lipinski definition) is 4. The van der Waals surface area contributed by atoms with E-state index in [2.05, 4.69) is 19.2 Å². The van der Waals surface area contributed by atoms with Crippen LogP contribution in [0.4, 0.5) is 0 Å². The van der Waals surface area contributed by atoms with Crippen LogP contribution in [-0.4, -0.2) is 32.7 Å². The molecule has 0 aromatic heterocycles. The molecule has 1 atom stereocenters. The minimum Gasteiger partial charge on any atom is -0.493 e. The first-order valence-electron chi connectivity index (χ1n) is 6.73. The number of carbonyl (C=O) groups is 1. The van der Waals surface area contributed by atoms with Crippen molar-refractivity contribution in [3.63, 3.8) is 0 Å². The number of nitrogens with two attached hydrogens (primary N) is 1. The molecule has 0 aliphatic heterocycles. The molecule has 0 aliphatic carbocycles. The van der Waals surface area contributed by atoms with Crippen LogP contribution in [0, 0.1) is 5.92 Å². The lowest BCUT2D eigenvalue weighted by Crippen LogP contribution is -2.38. The van der Waals surface area contributed by atoms with Gasteiger partial charge in [0.15, 0.2) is 11.5 Å². The molecule has 0 aliphatic rings. The van der Waals surface area contributed by atoms with Crippen LogP contribution in [0.1, 0.15) is 30.6 Å². The number of amides is 1. The van der Waals surface area contributed by atoms with Gasteiger partial charge in [-0.2, -0.15) is 0 Å². The lowest BCUT2D eigenvalue weighted by atomic mass is 10.0. The van der Waals surface area contributed by atoms with E-state index in [0.717, 1.165) is 6.42 Å². The summed E-state index contributed by atoms with van der Waals surface area (Å²) in [6, 6.07) is 5.04. The van der Waals surface area contributed by atoms with E-state index >= 15 is 0 Å². The summed E-state index contributed by atoms with van der Waals surface area (Å²) in [5.74, 6) is 1.49. The zero-order chi connectivity index (χ0) is 15.1. The van der Waals surface area contributed by atoms with Crippen LogP contribution in [-0.2, 0) is 0 Å². The third kappa shape index (κ3) is 4.74. The third-order valence-corrected chi connectivity index (χ3v) is 2.94. The minimum atomic E-state index is -0.162. The summed E-state index contributed by atoms with van der Waals surface area (Å²) < 4.78 is 10.3. The summed E-state index contributed by atoms with van der Waals surface area (Å²) in [7, 11) is 3.10. The van der Waals surface area contributed by atoms with Crippen molar-refractivity contribution in [2.24, 2.45) is 11.7 Å². The highest BCUT2D eigenvalue weighted by Crippen LogP contribution is 2.27. The van der Waals surface area contributed by atoms with Gasteiger partial charge in [-0.25, -0.2) is 0 Å². The lowest BCUT2D eigenvalue weighted by molar-refractivity contribution is 0.0949. The monoisotopic (exact) mass is 280 g/mol. The van der Waals surface area contributed by atoms with Gasteiger partial charge in [-0.05, 0) is 30.5 Å². The molecule has 1 amide bonds. The van der Waals surface area contributed by atoms with Crippen molar-refractivity contribution >= 4 is 5.91 Å². The highest BCUT2D eigenvalue weighted by molar-refractivity contribution is 5.94. The first-order valence-corrected chi connectivity index (χ1v) is 6.73. The van der Waals surface area contributed by atoms with Gasteiger partial charge in [-0.15, -0.1) is 0 Å². The third-order valence-electron chi connectivity index (χ3n) is 2.94. The van der Waals surface area contributed by atoms with Crippen molar-refractivity contribution in [3.8, 4) is 11.5 Å². The van der Waals surface area contributed by atoms with Crippen molar-refractivity contribution in [1.82, 2.24) is 5.32 Å². The summed E-state index contributed by atoms with van der Waals surface area (Å²) in [5.41, 5.74) is 6.47. The van der Waals surface area contributed by atoms with Gasteiger partial charge in [-0.3, -0.25) is 4.79 Å². The molecule has 1 aromatic carbocycles. The van der Waals surface area contributed by atoms with E-state index < -0.39 is 0 Å². The van der Waals surface area contributed by atoms with E-state index in [1.807, 2.05) is 0 Å². The summed E-state index contributed by atoms with van der Waals surface area (Å²) in [6.45, 7) is 4.68. The maximum Gasteiger partial charge on any atom is 0.251 e. The maximum absolute atomic E-state index is 12.0. The molecule has 5 nitrogen and oxygen atoms in total. The predicted octanol–water partition coefficient (Wildman–Crippen LogP) is 1.81. The van der Waals surface area contributed by atoms with Gasteiger partial charge < -0.3 is 20.5 Å². The number of nitrogens with one attached hydrogen (secondary N) is 1. The Labute approximate surface area is 120 Å². The van der Waals surface area contributed by atoms with E-state index in [1.54, 1.807) is 25.3 Å². The maximum atomic E-state index is 12.0. The second kappa shape index (κ2) is 7.75. The molecule has 1 rings (SSSR count). The van der Waals surface area contributed by atoms with Crippen molar-refractivity contribution in [3.05, 3.63) is 23.8 Å². The molecule has 0 saturated heterocycles. The van der Waals surface area contributed by atoms with Gasteiger partial charge >= 0.3 is 0 Å². The molecule has 0 spiro atoms. The Bertz CT molecular complexity index is 447. The predicted molar refractivity (Wildman–Crippen MR) is 79.3 cm³/mol. The average molecular weight is 280 g/mol. The molecule has 20 heavy (non-hydrogen) atoms. The van der Waals surface area contributed by atoms with Gasteiger partial charge in [0.2, 0.25) is 0 Å². The Balaban J connectivity index is 2.64. The number of rotatable bonds is 7. The fourth-order valence-electron chi connectivity index (χ4n) is 1.99. The molecule has 1 aromatic rings. The number of benzene rings is 1. The van der Waals surface area contributed by atoms with Crippen LogP contribution in [0.15, 0.2) is 18.2 Å². The van der Waals surface area contributed by atoms with Crippen LogP contribution in [0.3, 0.4) is 0 Å². The highest BCUT2D eigenvalue weighted by atomic mass is 16.5. The van der Waals surface area contributed by atoms with Gasteiger partial charge in [-0.1, -0.05) is 13.8 Å².